The normalized spacial score (nSPS) is 12.0. The molecular weight excluding hydrogens is 264 g/mol. The number of rotatable bonds is 10. The van der Waals surface area contributed by atoms with Crippen molar-refractivity contribution in [3.8, 4) is 11.5 Å². The molecule has 0 heterocycles. The zero-order chi connectivity index (χ0) is 15.7. The molecule has 0 fully saturated rings. The Bertz CT molecular complexity index is 440. The van der Waals surface area contributed by atoms with Crippen molar-refractivity contribution in [3.05, 3.63) is 23.8 Å². The van der Waals surface area contributed by atoms with Crippen LogP contribution in [-0.2, 0) is 11.2 Å². The molecule has 21 heavy (non-hydrogen) atoms. The summed E-state index contributed by atoms with van der Waals surface area (Å²) < 4.78 is 10.5. The molecule has 0 aromatic heterocycles. The Morgan fingerprint density at radius 1 is 1.14 bits per heavy atom. The Balaban J connectivity index is 2.61. The third-order valence-corrected chi connectivity index (χ3v) is 3.91. The average Bonchev–Trinajstić information content (AvgIpc) is 2.51. The van der Waals surface area contributed by atoms with Gasteiger partial charge < -0.3 is 9.47 Å². The number of methoxy groups -OCH3 is 2. The largest absolute Gasteiger partial charge is 0.493 e. The van der Waals surface area contributed by atoms with Gasteiger partial charge in [0, 0.05) is 12.8 Å². The highest BCUT2D eigenvalue weighted by molar-refractivity contribution is 5.81. The van der Waals surface area contributed by atoms with Crippen molar-refractivity contribution in [2.45, 2.75) is 52.4 Å². The molecule has 3 nitrogen and oxygen atoms in total. The monoisotopic (exact) mass is 292 g/mol. The van der Waals surface area contributed by atoms with Crippen LogP contribution in [-0.4, -0.2) is 20.0 Å². The molecule has 0 aliphatic heterocycles. The van der Waals surface area contributed by atoms with Crippen molar-refractivity contribution < 1.29 is 14.3 Å². The Morgan fingerprint density at radius 3 is 2.43 bits per heavy atom. The van der Waals surface area contributed by atoms with Crippen molar-refractivity contribution >= 4 is 5.78 Å². The van der Waals surface area contributed by atoms with Crippen LogP contribution in [0.25, 0.3) is 0 Å². The lowest BCUT2D eigenvalue weighted by atomic mass is 9.92. The van der Waals surface area contributed by atoms with E-state index < -0.39 is 0 Å². The number of benzene rings is 1. The molecule has 0 bridgehead atoms. The summed E-state index contributed by atoms with van der Waals surface area (Å²) in [6.07, 6.45) is 5.80. The van der Waals surface area contributed by atoms with E-state index in [0.717, 1.165) is 18.4 Å². The molecule has 1 aromatic rings. The van der Waals surface area contributed by atoms with Gasteiger partial charge >= 0.3 is 0 Å². The van der Waals surface area contributed by atoms with Gasteiger partial charge in [0.2, 0.25) is 0 Å². The number of ketones is 1. The molecule has 1 atom stereocenters. The number of carbonyl (C=O) groups excluding carboxylic acids is 1. The second-order valence-corrected chi connectivity index (χ2v) is 5.53. The summed E-state index contributed by atoms with van der Waals surface area (Å²) in [5, 5.41) is 0. The predicted molar refractivity (Wildman–Crippen MR) is 86.2 cm³/mol. The van der Waals surface area contributed by atoms with E-state index in [-0.39, 0.29) is 0 Å². The van der Waals surface area contributed by atoms with Gasteiger partial charge in [-0.05, 0) is 23.6 Å². The van der Waals surface area contributed by atoms with Crippen molar-refractivity contribution in [2.24, 2.45) is 5.92 Å². The third-order valence-electron chi connectivity index (χ3n) is 3.91. The first-order chi connectivity index (χ1) is 10.1. The molecule has 0 saturated heterocycles. The fourth-order valence-electron chi connectivity index (χ4n) is 2.56. The topological polar surface area (TPSA) is 35.5 Å². The maximum atomic E-state index is 12.2. The molecule has 0 spiro atoms. The van der Waals surface area contributed by atoms with Crippen molar-refractivity contribution in [3.63, 3.8) is 0 Å². The third kappa shape index (κ3) is 5.78. The number of ether oxygens (including phenoxy) is 2. The van der Waals surface area contributed by atoms with Gasteiger partial charge in [0.1, 0.15) is 5.78 Å². The zero-order valence-corrected chi connectivity index (χ0v) is 13.8. The van der Waals surface area contributed by atoms with Crippen molar-refractivity contribution in [1.82, 2.24) is 0 Å². The Morgan fingerprint density at radius 2 is 1.86 bits per heavy atom. The Hall–Kier alpha value is -1.51. The van der Waals surface area contributed by atoms with Gasteiger partial charge in [-0.25, -0.2) is 0 Å². The average molecular weight is 292 g/mol. The summed E-state index contributed by atoms with van der Waals surface area (Å²) in [5.74, 6) is 2.21. The van der Waals surface area contributed by atoms with Crippen LogP contribution in [0.4, 0.5) is 0 Å². The van der Waals surface area contributed by atoms with E-state index in [9.17, 15) is 4.79 Å². The van der Waals surface area contributed by atoms with Gasteiger partial charge in [-0.2, -0.15) is 0 Å². The summed E-state index contributed by atoms with van der Waals surface area (Å²) in [6, 6.07) is 5.69. The number of unbranched alkanes of at least 4 members (excludes halogenated alkanes) is 1. The minimum absolute atomic E-state index is 0.310. The minimum atomic E-state index is 0.310. The fourth-order valence-corrected chi connectivity index (χ4v) is 2.56. The van der Waals surface area contributed by atoms with Gasteiger partial charge in [0.05, 0.1) is 14.2 Å². The van der Waals surface area contributed by atoms with E-state index in [2.05, 4.69) is 13.8 Å². The second-order valence-electron chi connectivity index (χ2n) is 5.53. The lowest BCUT2D eigenvalue weighted by Gasteiger charge is -2.14. The summed E-state index contributed by atoms with van der Waals surface area (Å²) in [7, 11) is 3.23. The molecular formula is C18H28O3. The van der Waals surface area contributed by atoms with Crippen LogP contribution in [0.2, 0.25) is 0 Å². The fraction of sp³-hybridized carbons (Fsp3) is 0.611. The molecule has 1 aromatic carbocycles. The van der Waals surface area contributed by atoms with E-state index in [4.69, 9.17) is 9.47 Å². The van der Waals surface area contributed by atoms with Crippen molar-refractivity contribution in [2.75, 3.05) is 14.2 Å². The van der Waals surface area contributed by atoms with Crippen LogP contribution >= 0.6 is 0 Å². The molecule has 0 radical (unpaired) electrons. The predicted octanol–water partition coefficient (Wildman–Crippen LogP) is 4.42. The molecule has 1 rings (SSSR count). The van der Waals surface area contributed by atoms with E-state index in [0.29, 0.717) is 36.0 Å². The summed E-state index contributed by atoms with van der Waals surface area (Å²) >= 11 is 0. The Labute approximate surface area is 128 Å². The quantitative estimate of drug-likeness (QED) is 0.640. The van der Waals surface area contributed by atoms with Crippen LogP contribution < -0.4 is 9.47 Å². The zero-order valence-electron chi connectivity index (χ0n) is 13.8. The first-order valence-electron chi connectivity index (χ1n) is 7.87. The smallest absolute Gasteiger partial charge is 0.161 e. The maximum absolute atomic E-state index is 12.2. The van der Waals surface area contributed by atoms with Crippen LogP contribution in [0.3, 0.4) is 0 Å². The molecule has 0 aliphatic rings. The van der Waals surface area contributed by atoms with E-state index in [1.54, 1.807) is 14.2 Å². The van der Waals surface area contributed by atoms with Gasteiger partial charge in [-0.3, -0.25) is 4.79 Å². The highest BCUT2D eigenvalue weighted by Gasteiger charge is 2.13. The van der Waals surface area contributed by atoms with E-state index >= 15 is 0 Å². The SMILES string of the molecule is CCCCC(CC)CC(=O)Cc1ccc(OC)c(OC)c1. The van der Waals surface area contributed by atoms with Crippen LogP contribution in [0.1, 0.15) is 51.5 Å². The lowest BCUT2D eigenvalue weighted by Crippen LogP contribution is -2.10. The molecule has 3 heteroatoms. The standard InChI is InChI=1S/C18H28O3/c1-5-7-8-14(6-2)11-16(19)12-15-9-10-17(20-3)18(13-15)21-4/h9-10,13-14H,5-8,11-12H2,1-4H3. The maximum Gasteiger partial charge on any atom is 0.161 e. The number of Topliss-reactive ketones (excluding diaryl/α,β-unsaturated/α-hetero) is 1. The van der Waals surface area contributed by atoms with Crippen LogP contribution in [0.5, 0.6) is 11.5 Å². The molecule has 118 valence electrons. The summed E-state index contributed by atoms with van der Waals surface area (Å²) in [4.78, 5) is 12.2. The van der Waals surface area contributed by atoms with E-state index in [1.807, 2.05) is 18.2 Å². The van der Waals surface area contributed by atoms with E-state index in [1.165, 1.54) is 12.8 Å². The van der Waals surface area contributed by atoms with Gasteiger partial charge in [-0.1, -0.05) is 45.6 Å². The lowest BCUT2D eigenvalue weighted by molar-refractivity contribution is -0.119. The first-order valence-corrected chi connectivity index (χ1v) is 7.87. The Kier molecular flexibility index (Phi) is 7.88. The molecule has 1 unspecified atom stereocenters. The minimum Gasteiger partial charge on any atom is -0.493 e. The summed E-state index contributed by atoms with van der Waals surface area (Å²) in [6.45, 7) is 4.36. The number of carbonyl (C=O) groups is 1. The summed E-state index contributed by atoms with van der Waals surface area (Å²) in [5.41, 5.74) is 0.989. The first kappa shape index (κ1) is 17.5. The second kappa shape index (κ2) is 9.43. The van der Waals surface area contributed by atoms with Gasteiger partial charge in [0.25, 0.3) is 0 Å². The molecule has 0 N–H and O–H groups in total. The van der Waals surface area contributed by atoms with Crippen molar-refractivity contribution in [1.29, 1.82) is 0 Å². The van der Waals surface area contributed by atoms with Crippen LogP contribution in [0, 0.1) is 5.92 Å². The number of hydrogen-bond acceptors (Lipinski definition) is 3. The van der Waals surface area contributed by atoms with Gasteiger partial charge in [-0.15, -0.1) is 0 Å². The molecule has 0 amide bonds. The van der Waals surface area contributed by atoms with Gasteiger partial charge in [0.15, 0.2) is 11.5 Å². The molecule has 0 saturated carbocycles. The molecule has 0 aliphatic carbocycles. The van der Waals surface area contributed by atoms with Crippen LogP contribution in [0.15, 0.2) is 18.2 Å². The number of hydrogen-bond donors (Lipinski definition) is 0. The highest BCUT2D eigenvalue weighted by atomic mass is 16.5. The highest BCUT2D eigenvalue weighted by Crippen LogP contribution is 2.28.